The van der Waals surface area contributed by atoms with E-state index in [-0.39, 0.29) is 11.9 Å². The topological polar surface area (TPSA) is 12.0 Å². The maximum absolute atomic E-state index is 13.2. The minimum absolute atomic E-state index is 0.164. The van der Waals surface area contributed by atoms with Crippen molar-refractivity contribution in [2.75, 3.05) is 0 Å². The SMILES string of the molecule is C[C@H](NC1CC(c2ccc(Br)cc2)C1)c1cccc(F)c1. The number of halogens is 2. The summed E-state index contributed by atoms with van der Waals surface area (Å²) < 4.78 is 14.4. The van der Waals surface area contributed by atoms with Crippen LogP contribution in [0, 0.1) is 5.82 Å². The number of hydrogen-bond acceptors (Lipinski definition) is 1. The van der Waals surface area contributed by atoms with Gasteiger partial charge in [0.15, 0.2) is 0 Å². The first-order valence-electron chi connectivity index (χ1n) is 7.39. The lowest BCUT2D eigenvalue weighted by Gasteiger charge is -2.38. The van der Waals surface area contributed by atoms with Crippen molar-refractivity contribution in [2.45, 2.75) is 37.8 Å². The molecule has 3 rings (SSSR count). The van der Waals surface area contributed by atoms with E-state index in [1.165, 1.54) is 11.6 Å². The normalized spacial score (nSPS) is 22.6. The van der Waals surface area contributed by atoms with Gasteiger partial charge >= 0.3 is 0 Å². The average Bonchev–Trinajstić information content (AvgIpc) is 2.43. The lowest BCUT2D eigenvalue weighted by atomic mass is 9.75. The summed E-state index contributed by atoms with van der Waals surface area (Å²) in [6, 6.07) is 16.2. The Morgan fingerprint density at radius 3 is 2.52 bits per heavy atom. The molecule has 2 aromatic rings. The Bertz CT molecular complexity index is 605. The zero-order valence-corrected chi connectivity index (χ0v) is 13.6. The highest BCUT2D eigenvalue weighted by atomic mass is 79.9. The Labute approximate surface area is 133 Å². The van der Waals surface area contributed by atoms with E-state index in [0.717, 1.165) is 22.9 Å². The van der Waals surface area contributed by atoms with Crippen LogP contribution in [0.1, 0.15) is 42.9 Å². The molecule has 1 nitrogen and oxygen atoms in total. The molecule has 0 aliphatic heterocycles. The lowest BCUT2D eigenvalue weighted by molar-refractivity contribution is 0.270. The number of hydrogen-bond donors (Lipinski definition) is 1. The fraction of sp³-hybridized carbons (Fsp3) is 0.333. The van der Waals surface area contributed by atoms with Crippen LogP contribution >= 0.6 is 15.9 Å². The van der Waals surface area contributed by atoms with Crippen molar-refractivity contribution in [1.82, 2.24) is 5.32 Å². The molecule has 0 heterocycles. The molecule has 0 spiro atoms. The summed E-state index contributed by atoms with van der Waals surface area (Å²) in [5.74, 6) is 0.484. The Hall–Kier alpha value is -1.19. The molecule has 1 aliphatic rings. The highest BCUT2D eigenvalue weighted by Gasteiger charge is 2.31. The van der Waals surface area contributed by atoms with Gasteiger partial charge in [-0.1, -0.05) is 40.2 Å². The molecule has 21 heavy (non-hydrogen) atoms. The van der Waals surface area contributed by atoms with Crippen LogP contribution in [0.5, 0.6) is 0 Å². The van der Waals surface area contributed by atoms with Crippen LogP contribution < -0.4 is 5.32 Å². The first-order chi connectivity index (χ1) is 10.1. The number of benzene rings is 2. The van der Waals surface area contributed by atoms with Crippen molar-refractivity contribution in [3.8, 4) is 0 Å². The molecule has 1 atom stereocenters. The van der Waals surface area contributed by atoms with E-state index in [9.17, 15) is 4.39 Å². The molecule has 3 heteroatoms. The molecule has 0 amide bonds. The predicted molar refractivity (Wildman–Crippen MR) is 87.9 cm³/mol. The first-order valence-corrected chi connectivity index (χ1v) is 8.18. The Balaban J connectivity index is 1.54. The molecule has 1 N–H and O–H groups in total. The third kappa shape index (κ3) is 3.53. The van der Waals surface area contributed by atoms with Gasteiger partial charge in [-0.3, -0.25) is 0 Å². The summed E-state index contributed by atoms with van der Waals surface area (Å²) in [5, 5.41) is 3.60. The van der Waals surface area contributed by atoms with Gasteiger partial charge in [0, 0.05) is 16.6 Å². The van der Waals surface area contributed by atoms with E-state index >= 15 is 0 Å². The van der Waals surface area contributed by atoms with Gasteiger partial charge < -0.3 is 5.32 Å². The summed E-state index contributed by atoms with van der Waals surface area (Å²) >= 11 is 3.47. The Morgan fingerprint density at radius 2 is 1.86 bits per heavy atom. The van der Waals surface area contributed by atoms with Gasteiger partial charge in [0.1, 0.15) is 5.82 Å². The van der Waals surface area contributed by atoms with Gasteiger partial charge in [-0.25, -0.2) is 4.39 Å². The van der Waals surface area contributed by atoms with E-state index in [4.69, 9.17) is 0 Å². The van der Waals surface area contributed by atoms with E-state index < -0.39 is 0 Å². The maximum atomic E-state index is 13.2. The predicted octanol–water partition coefficient (Wildman–Crippen LogP) is 5.19. The standard InChI is InChI=1S/C18H19BrFN/c1-12(14-3-2-4-17(20)9-14)21-18-10-15(11-18)13-5-7-16(19)8-6-13/h2-9,12,15,18,21H,10-11H2,1H3/t12-,15?,18?/m0/s1. The fourth-order valence-corrected chi connectivity index (χ4v) is 3.25. The minimum Gasteiger partial charge on any atom is -0.307 e. The van der Waals surface area contributed by atoms with Crippen LogP contribution in [0.4, 0.5) is 4.39 Å². The average molecular weight is 348 g/mol. The highest BCUT2D eigenvalue weighted by Crippen LogP contribution is 2.38. The molecule has 0 saturated heterocycles. The van der Waals surface area contributed by atoms with E-state index in [2.05, 4.69) is 52.4 Å². The van der Waals surface area contributed by atoms with Crippen molar-refractivity contribution < 1.29 is 4.39 Å². The zero-order valence-electron chi connectivity index (χ0n) is 12.0. The zero-order chi connectivity index (χ0) is 14.8. The number of rotatable bonds is 4. The molecule has 0 unspecified atom stereocenters. The third-order valence-electron chi connectivity index (χ3n) is 4.31. The maximum Gasteiger partial charge on any atom is 0.123 e. The van der Waals surface area contributed by atoms with E-state index in [1.807, 2.05) is 6.07 Å². The second-order valence-electron chi connectivity index (χ2n) is 5.86. The van der Waals surface area contributed by atoms with Gasteiger partial charge in [-0.15, -0.1) is 0 Å². The van der Waals surface area contributed by atoms with Crippen molar-refractivity contribution in [2.24, 2.45) is 0 Å². The van der Waals surface area contributed by atoms with Crippen molar-refractivity contribution in [3.05, 3.63) is 69.9 Å². The lowest BCUT2D eigenvalue weighted by Crippen LogP contribution is -2.41. The van der Waals surface area contributed by atoms with Crippen molar-refractivity contribution in [1.29, 1.82) is 0 Å². The molecule has 1 aliphatic carbocycles. The molecule has 0 bridgehead atoms. The summed E-state index contributed by atoms with van der Waals surface area (Å²) in [7, 11) is 0. The van der Waals surface area contributed by atoms with Crippen LogP contribution in [-0.2, 0) is 0 Å². The minimum atomic E-state index is -0.164. The Kier molecular flexibility index (Phi) is 4.41. The summed E-state index contributed by atoms with van der Waals surface area (Å²) in [6.07, 6.45) is 2.31. The van der Waals surface area contributed by atoms with E-state index in [0.29, 0.717) is 12.0 Å². The molecule has 0 aromatic heterocycles. The molecule has 0 radical (unpaired) electrons. The van der Waals surface area contributed by atoms with Crippen LogP contribution in [0.3, 0.4) is 0 Å². The van der Waals surface area contributed by atoms with Gasteiger partial charge in [0.25, 0.3) is 0 Å². The second-order valence-corrected chi connectivity index (χ2v) is 6.78. The highest BCUT2D eigenvalue weighted by molar-refractivity contribution is 9.10. The largest absolute Gasteiger partial charge is 0.307 e. The Morgan fingerprint density at radius 1 is 1.14 bits per heavy atom. The summed E-state index contributed by atoms with van der Waals surface area (Å²) in [6.45, 7) is 2.10. The first kappa shape index (κ1) is 14.7. The smallest absolute Gasteiger partial charge is 0.123 e. The van der Waals surface area contributed by atoms with Gasteiger partial charge in [0.05, 0.1) is 0 Å². The monoisotopic (exact) mass is 347 g/mol. The fourth-order valence-electron chi connectivity index (χ4n) is 2.99. The third-order valence-corrected chi connectivity index (χ3v) is 4.84. The van der Waals surface area contributed by atoms with Crippen LogP contribution in [0.25, 0.3) is 0 Å². The van der Waals surface area contributed by atoms with Crippen molar-refractivity contribution in [3.63, 3.8) is 0 Å². The van der Waals surface area contributed by atoms with Crippen LogP contribution in [0.2, 0.25) is 0 Å². The van der Waals surface area contributed by atoms with Crippen molar-refractivity contribution >= 4 is 15.9 Å². The van der Waals surface area contributed by atoms with Gasteiger partial charge in [0.2, 0.25) is 0 Å². The second kappa shape index (κ2) is 6.29. The molecular weight excluding hydrogens is 329 g/mol. The molecule has 2 aromatic carbocycles. The van der Waals surface area contributed by atoms with Gasteiger partial charge in [-0.05, 0) is 61.1 Å². The molecular formula is C18H19BrFN. The molecule has 1 saturated carbocycles. The van der Waals surface area contributed by atoms with Crippen LogP contribution in [0.15, 0.2) is 53.0 Å². The molecule has 110 valence electrons. The molecule has 1 fully saturated rings. The number of nitrogens with one attached hydrogen (secondary N) is 1. The van der Waals surface area contributed by atoms with Crippen LogP contribution in [-0.4, -0.2) is 6.04 Å². The summed E-state index contributed by atoms with van der Waals surface area (Å²) in [5.41, 5.74) is 2.43. The van der Waals surface area contributed by atoms with E-state index in [1.54, 1.807) is 12.1 Å². The van der Waals surface area contributed by atoms with Gasteiger partial charge in [-0.2, -0.15) is 0 Å². The quantitative estimate of drug-likeness (QED) is 0.802. The summed E-state index contributed by atoms with van der Waals surface area (Å²) in [4.78, 5) is 0.